The highest BCUT2D eigenvalue weighted by Gasteiger charge is 2.15. The highest BCUT2D eigenvalue weighted by molar-refractivity contribution is 8.23. The largest absolute Gasteiger partial charge is 0.494 e. The number of hydrogen-bond acceptors (Lipinski definition) is 7. The number of sulfonamides is 1. The summed E-state index contributed by atoms with van der Waals surface area (Å²) in [6.45, 7) is 0. The minimum atomic E-state index is -3.85. The minimum absolute atomic E-state index is 0.0442. The lowest BCUT2D eigenvalue weighted by molar-refractivity contribution is 0.0205. The number of rotatable bonds is 5. The van der Waals surface area contributed by atoms with Crippen LogP contribution in [0.3, 0.4) is 0 Å². The third-order valence-electron chi connectivity index (χ3n) is 4.32. The zero-order chi connectivity index (χ0) is 24.2. The Kier molecular flexibility index (Phi) is 7.72. The summed E-state index contributed by atoms with van der Waals surface area (Å²) in [6.07, 6.45) is 0. The van der Waals surface area contributed by atoms with E-state index in [0.29, 0.717) is 28.4 Å². The summed E-state index contributed by atoms with van der Waals surface area (Å²) in [5.74, 6) is 5.71. The molecule has 3 rings (SSSR count). The van der Waals surface area contributed by atoms with E-state index in [-0.39, 0.29) is 15.0 Å². The molecule has 8 nitrogen and oxygen atoms in total. The van der Waals surface area contributed by atoms with Gasteiger partial charge in [0.05, 0.1) is 29.1 Å². The Bertz CT molecular complexity index is 1340. The Hall–Kier alpha value is -2.95. The van der Waals surface area contributed by atoms with Gasteiger partial charge in [-0.2, -0.15) is 5.10 Å². The van der Waals surface area contributed by atoms with Gasteiger partial charge in [0.2, 0.25) is 10.0 Å². The number of nitrogens with two attached hydrogens (primary N) is 1. The number of aromatic nitrogens is 2. The molecular weight excluding hydrogens is 487 g/mol. The third-order valence-corrected chi connectivity index (χ3v) is 6.66. The Morgan fingerprint density at radius 1 is 1.30 bits per heavy atom. The Morgan fingerprint density at radius 2 is 2.00 bits per heavy atom. The summed E-state index contributed by atoms with van der Waals surface area (Å²) < 4.78 is 44.3. The summed E-state index contributed by atoms with van der Waals surface area (Å²) in [4.78, 5) is -0.0442. The summed E-state index contributed by atoms with van der Waals surface area (Å²) in [7, 11) is -1.05. The first-order valence-corrected chi connectivity index (χ1v) is 12.2. The number of methoxy groups -OCH3 is 1. The molecule has 0 saturated heterocycles. The number of primary sulfonamides is 1. The van der Waals surface area contributed by atoms with E-state index in [2.05, 4.69) is 16.9 Å². The van der Waals surface area contributed by atoms with E-state index in [1.807, 2.05) is 0 Å². The SMILES string of the molecule is COc1ccc(-c2cc(C#CCSC(=S)N(C)O)nn2-c2ccc(S(N)(=O)=O)cc2)cc1F. The van der Waals surface area contributed by atoms with Crippen LogP contribution < -0.4 is 9.88 Å². The van der Waals surface area contributed by atoms with Gasteiger partial charge in [-0.25, -0.2) is 27.7 Å². The molecule has 2 aromatic carbocycles. The first kappa shape index (κ1) is 24.7. The molecule has 0 radical (unpaired) electrons. The number of benzene rings is 2. The van der Waals surface area contributed by atoms with Crippen molar-refractivity contribution in [2.45, 2.75) is 4.90 Å². The highest BCUT2D eigenvalue weighted by atomic mass is 32.2. The van der Waals surface area contributed by atoms with Gasteiger partial charge in [0.15, 0.2) is 15.9 Å². The van der Waals surface area contributed by atoms with Gasteiger partial charge in [0, 0.05) is 18.7 Å². The summed E-state index contributed by atoms with van der Waals surface area (Å²) in [6, 6.07) is 12.0. The molecule has 172 valence electrons. The molecule has 0 saturated carbocycles. The van der Waals surface area contributed by atoms with E-state index in [4.69, 9.17) is 22.1 Å². The average Bonchev–Trinajstić information content (AvgIpc) is 3.20. The van der Waals surface area contributed by atoms with Gasteiger partial charge >= 0.3 is 0 Å². The van der Waals surface area contributed by atoms with Gasteiger partial charge in [-0.1, -0.05) is 29.9 Å². The van der Waals surface area contributed by atoms with E-state index in [9.17, 15) is 18.0 Å². The third kappa shape index (κ3) is 6.10. The maximum Gasteiger partial charge on any atom is 0.238 e. The zero-order valence-corrected chi connectivity index (χ0v) is 20.0. The predicted molar refractivity (Wildman–Crippen MR) is 128 cm³/mol. The smallest absolute Gasteiger partial charge is 0.238 e. The molecule has 1 heterocycles. The quantitative estimate of drug-likeness (QED) is 0.309. The molecule has 0 aliphatic carbocycles. The van der Waals surface area contributed by atoms with Crippen LogP contribution in [0.1, 0.15) is 5.69 Å². The highest BCUT2D eigenvalue weighted by Crippen LogP contribution is 2.28. The molecule has 0 atom stereocenters. The fraction of sp³-hybridized carbons (Fsp3) is 0.143. The van der Waals surface area contributed by atoms with Crippen LogP contribution in [-0.4, -0.2) is 52.7 Å². The van der Waals surface area contributed by atoms with E-state index < -0.39 is 15.8 Å². The minimum Gasteiger partial charge on any atom is -0.494 e. The lowest BCUT2D eigenvalue weighted by Crippen LogP contribution is -2.17. The van der Waals surface area contributed by atoms with Crippen LogP contribution in [0.5, 0.6) is 5.75 Å². The fourth-order valence-corrected chi connectivity index (χ4v) is 3.91. The Labute approximate surface area is 200 Å². The first-order valence-electron chi connectivity index (χ1n) is 9.25. The van der Waals surface area contributed by atoms with Gasteiger partial charge in [-0.3, -0.25) is 5.21 Å². The molecule has 0 unspecified atom stereocenters. The summed E-state index contributed by atoms with van der Waals surface area (Å²) in [5.41, 5.74) is 1.98. The normalized spacial score (nSPS) is 10.9. The van der Waals surface area contributed by atoms with E-state index >= 15 is 0 Å². The number of ether oxygens (including phenoxy) is 1. The molecular formula is C21H19FN4O4S3. The molecule has 0 aliphatic rings. The van der Waals surface area contributed by atoms with Crippen molar-refractivity contribution >= 4 is 38.3 Å². The number of hydroxylamine groups is 2. The van der Waals surface area contributed by atoms with Gasteiger partial charge < -0.3 is 4.74 Å². The van der Waals surface area contributed by atoms with E-state index in [0.717, 1.165) is 5.06 Å². The van der Waals surface area contributed by atoms with Crippen molar-refractivity contribution < 1.29 is 22.8 Å². The van der Waals surface area contributed by atoms with Crippen LogP contribution in [0.2, 0.25) is 0 Å². The zero-order valence-electron chi connectivity index (χ0n) is 17.5. The molecule has 0 bridgehead atoms. The monoisotopic (exact) mass is 506 g/mol. The Morgan fingerprint density at radius 3 is 2.58 bits per heavy atom. The van der Waals surface area contributed by atoms with Crippen molar-refractivity contribution in [3.05, 3.63) is 60.0 Å². The average molecular weight is 507 g/mol. The number of nitrogens with zero attached hydrogens (tertiary/aromatic N) is 3. The van der Waals surface area contributed by atoms with Gasteiger partial charge in [0.25, 0.3) is 0 Å². The maximum absolute atomic E-state index is 14.3. The molecule has 3 N–H and O–H groups in total. The van der Waals surface area contributed by atoms with E-state index in [1.54, 1.807) is 24.3 Å². The van der Waals surface area contributed by atoms with Crippen LogP contribution in [-0.2, 0) is 10.0 Å². The second kappa shape index (κ2) is 10.3. The number of hydrogen-bond donors (Lipinski definition) is 2. The van der Waals surface area contributed by atoms with E-state index in [1.165, 1.54) is 54.9 Å². The Balaban J connectivity index is 2.02. The fourth-order valence-electron chi connectivity index (χ4n) is 2.77. The lowest BCUT2D eigenvalue weighted by atomic mass is 10.1. The van der Waals surface area contributed by atoms with Crippen molar-refractivity contribution in [3.8, 4) is 34.5 Å². The van der Waals surface area contributed by atoms with Crippen LogP contribution in [0, 0.1) is 17.7 Å². The van der Waals surface area contributed by atoms with Gasteiger partial charge in [0.1, 0.15) is 5.69 Å². The van der Waals surface area contributed by atoms with Gasteiger partial charge in [-0.05, 0) is 48.4 Å². The first-order chi connectivity index (χ1) is 15.6. The van der Waals surface area contributed by atoms with Crippen molar-refractivity contribution in [2.75, 3.05) is 19.9 Å². The predicted octanol–water partition coefficient (Wildman–Crippen LogP) is 3.03. The van der Waals surface area contributed by atoms with Crippen molar-refractivity contribution in [3.63, 3.8) is 0 Å². The molecule has 0 fully saturated rings. The molecule has 0 amide bonds. The number of thiocarbonyl (C=S) groups is 1. The van der Waals surface area contributed by atoms with Crippen LogP contribution in [0.15, 0.2) is 53.4 Å². The molecule has 1 aromatic heterocycles. The van der Waals surface area contributed by atoms with Gasteiger partial charge in [-0.15, -0.1) is 0 Å². The van der Waals surface area contributed by atoms with Crippen LogP contribution in [0.4, 0.5) is 4.39 Å². The van der Waals surface area contributed by atoms with Crippen LogP contribution in [0.25, 0.3) is 16.9 Å². The number of thioether (sulfide) groups is 1. The molecule has 33 heavy (non-hydrogen) atoms. The number of halogens is 1. The summed E-state index contributed by atoms with van der Waals surface area (Å²) >= 11 is 6.17. The molecule has 0 aliphatic heterocycles. The van der Waals surface area contributed by atoms with Crippen LogP contribution >= 0.6 is 24.0 Å². The topological polar surface area (TPSA) is 111 Å². The molecule has 3 aromatic rings. The standard InChI is InChI=1S/C21H19FN4O4S3/c1-25(27)21(31)32-11-3-4-15-13-19(14-5-10-20(30-2)18(22)12-14)26(24-15)16-6-8-17(9-7-16)33(23,28)29/h5-10,12-13,27H,11H2,1-2H3,(H2,23,28,29). The molecule has 12 heteroatoms. The second-order valence-corrected chi connectivity index (χ2v) is 9.77. The van der Waals surface area contributed by atoms with Crippen molar-refractivity contribution in [1.82, 2.24) is 14.8 Å². The molecule has 0 spiro atoms. The summed E-state index contributed by atoms with van der Waals surface area (Å²) in [5, 5.41) is 19.8. The van der Waals surface area contributed by atoms with Crippen molar-refractivity contribution in [1.29, 1.82) is 0 Å². The second-order valence-electron chi connectivity index (χ2n) is 6.59. The van der Waals surface area contributed by atoms with Crippen molar-refractivity contribution in [2.24, 2.45) is 5.14 Å². The lowest BCUT2D eigenvalue weighted by Gasteiger charge is -2.09. The maximum atomic E-state index is 14.3.